The van der Waals surface area contributed by atoms with Crippen molar-refractivity contribution in [2.75, 3.05) is 19.4 Å². The maximum atomic E-state index is 12.1. The summed E-state index contributed by atoms with van der Waals surface area (Å²) in [5, 5.41) is 3.69. The highest BCUT2D eigenvalue weighted by atomic mass is 32.2. The number of ether oxygens (including phenoxy) is 1. The first-order chi connectivity index (χ1) is 9.92. The monoisotopic (exact) mass is 312 g/mol. The van der Waals surface area contributed by atoms with Crippen LogP contribution in [-0.4, -0.2) is 32.2 Å². The van der Waals surface area contributed by atoms with Gasteiger partial charge in [0.25, 0.3) is 0 Å². The number of aryl methyl sites for hydroxylation is 1. The van der Waals surface area contributed by atoms with Gasteiger partial charge in [-0.1, -0.05) is 5.16 Å². The Morgan fingerprint density at radius 2 is 2.19 bits per heavy atom. The van der Waals surface area contributed by atoms with E-state index in [1.54, 1.807) is 6.92 Å². The Bertz CT molecular complexity index is 727. The van der Waals surface area contributed by atoms with E-state index in [0.29, 0.717) is 29.6 Å². The minimum absolute atomic E-state index is 0.0813. The molecule has 3 N–H and O–H groups in total. The fourth-order valence-corrected chi connectivity index (χ4v) is 2.73. The summed E-state index contributed by atoms with van der Waals surface area (Å²) in [5.74, 6) is 1.20. The number of nitrogen functional groups attached to an aromatic ring is 1. The van der Waals surface area contributed by atoms with Crippen LogP contribution in [0.3, 0.4) is 0 Å². The lowest BCUT2D eigenvalue weighted by Crippen LogP contribution is -2.26. The van der Waals surface area contributed by atoms with E-state index in [1.807, 2.05) is 0 Å². The molecule has 0 unspecified atom stereocenters. The summed E-state index contributed by atoms with van der Waals surface area (Å²) >= 11 is 0. The quantitative estimate of drug-likeness (QED) is 0.745. The van der Waals surface area contributed by atoms with Gasteiger partial charge in [0.05, 0.1) is 17.7 Å². The number of methoxy groups -OCH3 is 1. The Balaban J connectivity index is 2.04. The van der Waals surface area contributed by atoms with Crippen molar-refractivity contribution in [2.24, 2.45) is 0 Å². The van der Waals surface area contributed by atoms with Crippen LogP contribution in [0.5, 0.6) is 5.75 Å². The first-order valence-electron chi connectivity index (χ1n) is 6.15. The van der Waals surface area contributed by atoms with Crippen LogP contribution in [0.2, 0.25) is 0 Å². The number of nitrogens with zero attached hydrogens (tertiary/aromatic N) is 2. The van der Waals surface area contributed by atoms with Crippen molar-refractivity contribution in [3.05, 3.63) is 29.9 Å². The first-order valence-corrected chi connectivity index (χ1v) is 7.63. The zero-order chi connectivity index (χ0) is 15.5. The second-order valence-electron chi connectivity index (χ2n) is 4.28. The SMILES string of the molecule is COc1cc(S(=O)(=O)NCCc2noc(C)n2)ccc1N. The fourth-order valence-electron chi connectivity index (χ4n) is 1.68. The molecule has 1 heterocycles. The lowest BCUT2D eigenvalue weighted by Gasteiger charge is -2.09. The van der Waals surface area contributed by atoms with E-state index in [-0.39, 0.29) is 11.4 Å². The minimum Gasteiger partial charge on any atom is -0.495 e. The van der Waals surface area contributed by atoms with E-state index in [9.17, 15) is 8.42 Å². The lowest BCUT2D eigenvalue weighted by molar-refractivity contribution is 0.387. The smallest absolute Gasteiger partial charge is 0.240 e. The molecule has 1 aromatic carbocycles. The molecule has 2 aromatic rings. The van der Waals surface area contributed by atoms with Gasteiger partial charge in [-0.3, -0.25) is 0 Å². The fraction of sp³-hybridized carbons (Fsp3) is 0.333. The number of anilines is 1. The highest BCUT2D eigenvalue weighted by Gasteiger charge is 2.16. The van der Waals surface area contributed by atoms with Crippen molar-refractivity contribution in [1.82, 2.24) is 14.9 Å². The van der Waals surface area contributed by atoms with Crippen molar-refractivity contribution >= 4 is 15.7 Å². The van der Waals surface area contributed by atoms with E-state index < -0.39 is 10.0 Å². The van der Waals surface area contributed by atoms with E-state index in [2.05, 4.69) is 14.9 Å². The van der Waals surface area contributed by atoms with Gasteiger partial charge in [0.15, 0.2) is 5.82 Å². The van der Waals surface area contributed by atoms with Gasteiger partial charge in [-0.2, -0.15) is 4.98 Å². The molecule has 0 fully saturated rings. The van der Waals surface area contributed by atoms with Crippen LogP contribution in [0.4, 0.5) is 5.69 Å². The molecule has 0 radical (unpaired) electrons. The third-order valence-electron chi connectivity index (χ3n) is 2.73. The predicted octanol–water partition coefficient (Wildman–Crippen LogP) is 0.490. The normalized spacial score (nSPS) is 11.5. The highest BCUT2D eigenvalue weighted by Crippen LogP contribution is 2.24. The standard InChI is InChI=1S/C12H16N4O4S/c1-8-15-12(16-20-8)5-6-14-21(17,18)9-3-4-10(13)11(7-9)19-2/h3-4,7,14H,5-6,13H2,1-2H3. The largest absolute Gasteiger partial charge is 0.495 e. The van der Waals surface area contributed by atoms with Crippen molar-refractivity contribution < 1.29 is 17.7 Å². The Hall–Kier alpha value is -2.13. The van der Waals surface area contributed by atoms with E-state index in [0.717, 1.165) is 0 Å². The Morgan fingerprint density at radius 3 is 2.81 bits per heavy atom. The number of hydrogen-bond acceptors (Lipinski definition) is 7. The van der Waals surface area contributed by atoms with Gasteiger partial charge >= 0.3 is 0 Å². The molecule has 0 saturated carbocycles. The number of benzene rings is 1. The summed E-state index contributed by atoms with van der Waals surface area (Å²) in [4.78, 5) is 4.07. The van der Waals surface area contributed by atoms with Gasteiger partial charge in [0.2, 0.25) is 15.9 Å². The number of sulfonamides is 1. The summed E-state index contributed by atoms with van der Waals surface area (Å²) in [6, 6.07) is 4.27. The molecule has 114 valence electrons. The summed E-state index contributed by atoms with van der Waals surface area (Å²) < 4.78 is 36.5. The summed E-state index contributed by atoms with van der Waals surface area (Å²) in [6.45, 7) is 1.83. The zero-order valence-corrected chi connectivity index (χ0v) is 12.5. The Labute approximate surface area is 122 Å². The van der Waals surface area contributed by atoms with Crippen LogP contribution in [0.1, 0.15) is 11.7 Å². The Kier molecular flexibility index (Phi) is 4.43. The number of hydrogen-bond donors (Lipinski definition) is 2. The molecule has 8 nitrogen and oxygen atoms in total. The molecule has 0 atom stereocenters. The molecule has 21 heavy (non-hydrogen) atoms. The lowest BCUT2D eigenvalue weighted by atomic mass is 10.3. The predicted molar refractivity (Wildman–Crippen MR) is 75.3 cm³/mol. The molecule has 0 aliphatic heterocycles. The summed E-state index contributed by atoms with van der Waals surface area (Å²) in [5.41, 5.74) is 6.03. The molecular formula is C12H16N4O4S. The number of aromatic nitrogens is 2. The van der Waals surface area contributed by atoms with Crippen LogP contribution < -0.4 is 15.2 Å². The van der Waals surface area contributed by atoms with Gasteiger partial charge in [0.1, 0.15) is 5.75 Å². The van der Waals surface area contributed by atoms with Crippen LogP contribution >= 0.6 is 0 Å². The number of rotatable bonds is 6. The van der Waals surface area contributed by atoms with Crippen molar-refractivity contribution in [3.63, 3.8) is 0 Å². The highest BCUT2D eigenvalue weighted by molar-refractivity contribution is 7.89. The topological polar surface area (TPSA) is 120 Å². The van der Waals surface area contributed by atoms with E-state index in [1.165, 1.54) is 25.3 Å². The molecule has 0 bridgehead atoms. The van der Waals surface area contributed by atoms with Crippen LogP contribution in [0.25, 0.3) is 0 Å². The zero-order valence-electron chi connectivity index (χ0n) is 11.7. The summed E-state index contributed by atoms with van der Waals surface area (Å²) in [7, 11) is -2.22. The minimum atomic E-state index is -3.64. The molecular weight excluding hydrogens is 296 g/mol. The average Bonchev–Trinajstić information content (AvgIpc) is 2.84. The second-order valence-corrected chi connectivity index (χ2v) is 6.05. The first kappa shape index (κ1) is 15.3. The molecule has 0 amide bonds. The van der Waals surface area contributed by atoms with Gasteiger partial charge in [-0.05, 0) is 12.1 Å². The average molecular weight is 312 g/mol. The maximum absolute atomic E-state index is 12.1. The van der Waals surface area contributed by atoms with Crippen LogP contribution in [0.15, 0.2) is 27.6 Å². The van der Waals surface area contributed by atoms with Crippen molar-refractivity contribution in [2.45, 2.75) is 18.2 Å². The summed E-state index contributed by atoms with van der Waals surface area (Å²) in [6.07, 6.45) is 0.336. The van der Waals surface area contributed by atoms with Gasteiger partial charge < -0.3 is 15.0 Å². The second kappa shape index (κ2) is 6.10. The molecule has 2 rings (SSSR count). The Morgan fingerprint density at radius 1 is 1.43 bits per heavy atom. The molecule has 1 aromatic heterocycles. The molecule has 0 spiro atoms. The van der Waals surface area contributed by atoms with Crippen LogP contribution in [0, 0.1) is 6.92 Å². The van der Waals surface area contributed by atoms with Gasteiger partial charge in [-0.15, -0.1) is 0 Å². The van der Waals surface area contributed by atoms with E-state index in [4.69, 9.17) is 15.0 Å². The molecule has 0 aliphatic carbocycles. The van der Waals surface area contributed by atoms with Crippen molar-refractivity contribution in [1.29, 1.82) is 0 Å². The van der Waals surface area contributed by atoms with Crippen molar-refractivity contribution in [3.8, 4) is 5.75 Å². The molecule has 9 heteroatoms. The molecule has 0 aliphatic rings. The third-order valence-corrected chi connectivity index (χ3v) is 4.18. The van der Waals surface area contributed by atoms with Crippen LogP contribution in [-0.2, 0) is 16.4 Å². The van der Waals surface area contributed by atoms with Gasteiger partial charge in [0, 0.05) is 26.0 Å². The third kappa shape index (κ3) is 3.70. The maximum Gasteiger partial charge on any atom is 0.240 e. The molecule has 0 saturated heterocycles. The number of nitrogens with two attached hydrogens (primary N) is 1. The van der Waals surface area contributed by atoms with Gasteiger partial charge in [-0.25, -0.2) is 13.1 Å². The van der Waals surface area contributed by atoms with E-state index >= 15 is 0 Å². The number of nitrogens with one attached hydrogen (secondary N) is 1.